The second kappa shape index (κ2) is 2.53. The molecule has 0 saturated heterocycles. The van der Waals surface area contributed by atoms with E-state index in [-0.39, 0.29) is 0 Å². The number of aryl methyl sites for hydroxylation is 2. The molecule has 0 radical (unpaired) electrons. The minimum atomic E-state index is 0.822. The minimum Gasteiger partial charge on any atom is -0.477 e. The molecule has 0 N–H and O–H groups in total. The van der Waals surface area contributed by atoms with Gasteiger partial charge < -0.3 is 4.74 Å². The summed E-state index contributed by atoms with van der Waals surface area (Å²) in [6.45, 7) is 2.88. The zero-order chi connectivity index (χ0) is 7.68. The molecule has 1 aromatic heterocycles. The lowest BCUT2D eigenvalue weighted by molar-refractivity contribution is 0.276. The van der Waals surface area contributed by atoms with E-state index in [0.29, 0.717) is 0 Å². The smallest absolute Gasteiger partial charge is 0.216 e. The minimum absolute atomic E-state index is 0.822. The lowest BCUT2D eigenvalue weighted by Gasteiger charge is -2.15. The zero-order valence-electron chi connectivity index (χ0n) is 6.63. The number of hydrogen-bond donors (Lipinski definition) is 0. The zero-order valence-corrected chi connectivity index (χ0v) is 6.63. The maximum Gasteiger partial charge on any atom is 0.216 e. The molecule has 0 aromatic carbocycles. The maximum absolute atomic E-state index is 5.37. The fourth-order valence-corrected chi connectivity index (χ4v) is 1.36. The van der Waals surface area contributed by atoms with E-state index >= 15 is 0 Å². The van der Waals surface area contributed by atoms with Gasteiger partial charge >= 0.3 is 0 Å². The molecule has 2 heterocycles. The summed E-state index contributed by atoms with van der Waals surface area (Å²) < 4.78 is 5.37. The van der Waals surface area contributed by atoms with Gasteiger partial charge in [-0.3, -0.25) is 0 Å². The molecule has 1 aliphatic rings. The highest BCUT2D eigenvalue weighted by Crippen LogP contribution is 2.21. The summed E-state index contributed by atoms with van der Waals surface area (Å²) in [5, 5.41) is 0. The Morgan fingerprint density at radius 2 is 2.45 bits per heavy atom. The Kier molecular flexibility index (Phi) is 1.53. The highest BCUT2D eigenvalue weighted by atomic mass is 16.5. The average Bonchev–Trinajstić information content (AvgIpc) is 2.04. The molecule has 11 heavy (non-hydrogen) atoms. The normalized spacial score (nSPS) is 15.4. The van der Waals surface area contributed by atoms with Gasteiger partial charge in [-0.1, -0.05) is 0 Å². The number of pyridine rings is 1. The molecular weight excluding hydrogens is 138 g/mol. The van der Waals surface area contributed by atoms with Crippen LogP contribution in [0.15, 0.2) is 12.3 Å². The van der Waals surface area contributed by atoms with E-state index in [9.17, 15) is 0 Å². The van der Waals surface area contributed by atoms with Crippen LogP contribution in [0.3, 0.4) is 0 Å². The van der Waals surface area contributed by atoms with E-state index in [1.54, 1.807) is 0 Å². The van der Waals surface area contributed by atoms with Crippen LogP contribution in [0.4, 0.5) is 0 Å². The third-order valence-electron chi connectivity index (χ3n) is 1.89. The number of aromatic nitrogens is 1. The maximum atomic E-state index is 5.37. The van der Waals surface area contributed by atoms with Crippen LogP contribution in [0.25, 0.3) is 0 Å². The summed E-state index contributed by atoms with van der Waals surface area (Å²) in [4.78, 5) is 4.20. The number of hydrogen-bond acceptors (Lipinski definition) is 2. The largest absolute Gasteiger partial charge is 0.477 e. The molecule has 0 saturated carbocycles. The predicted octanol–water partition coefficient (Wildman–Crippen LogP) is 1.72. The van der Waals surface area contributed by atoms with Gasteiger partial charge in [0.2, 0.25) is 5.88 Å². The van der Waals surface area contributed by atoms with Crippen molar-refractivity contribution in [1.29, 1.82) is 0 Å². The van der Waals surface area contributed by atoms with E-state index in [0.717, 1.165) is 25.3 Å². The summed E-state index contributed by atoms with van der Waals surface area (Å²) in [5.74, 6) is 0.835. The first-order valence-electron chi connectivity index (χ1n) is 3.94. The van der Waals surface area contributed by atoms with Crippen molar-refractivity contribution in [3.63, 3.8) is 0 Å². The molecule has 0 spiro atoms. The molecule has 0 unspecified atom stereocenters. The van der Waals surface area contributed by atoms with Gasteiger partial charge in [-0.25, -0.2) is 4.98 Å². The Morgan fingerprint density at radius 1 is 1.55 bits per heavy atom. The van der Waals surface area contributed by atoms with Crippen molar-refractivity contribution in [3.05, 3.63) is 23.4 Å². The van der Waals surface area contributed by atoms with Crippen LogP contribution < -0.4 is 4.74 Å². The topological polar surface area (TPSA) is 22.1 Å². The molecule has 0 atom stereocenters. The fraction of sp³-hybridized carbons (Fsp3) is 0.444. The Balaban J connectivity index is 2.43. The fourth-order valence-electron chi connectivity index (χ4n) is 1.36. The van der Waals surface area contributed by atoms with E-state index in [4.69, 9.17) is 4.74 Å². The predicted molar refractivity (Wildman–Crippen MR) is 42.8 cm³/mol. The monoisotopic (exact) mass is 149 g/mol. The molecule has 2 rings (SSSR count). The first kappa shape index (κ1) is 6.65. The summed E-state index contributed by atoms with van der Waals surface area (Å²) >= 11 is 0. The van der Waals surface area contributed by atoms with Crippen LogP contribution in [0, 0.1) is 6.92 Å². The van der Waals surface area contributed by atoms with Gasteiger partial charge in [0.25, 0.3) is 0 Å². The van der Waals surface area contributed by atoms with Crippen LogP contribution in [0.2, 0.25) is 0 Å². The van der Waals surface area contributed by atoms with Crippen molar-refractivity contribution >= 4 is 0 Å². The van der Waals surface area contributed by atoms with Crippen molar-refractivity contribution in [2.75, 3.05) is 6.61 Å². The molecule has 2 nitrogen and oxygen atoms in total. The van der Waals surface area contributed by atoms with E-state index in [2.05, 4.69) is 18.0 Å². The van der Waals surface area contributed by atoms with Gasteiger partial charge in [-0.15, -0.1) is 0 Å². The molecule has 0 bridgehead atoms. The molecule has 2 heteroatoms. The Labute approximate surface area is 66.2 Å². The molecule has 0 amide bonds. The van der Waals surface area contributed by atoms with Gasteiger partial charge in [0, 0.05) is 11.8 Å². The number of fused-ring (bicyclic) bond motifs is 1. The average molecular weight is 149 g/mol. The first-order chi connectivity index (χ1) is 5.36. The van der Waals surface area contributed by atoms with Crippen LogP contribution in [0.5, 0.6) is 5.88 Å². The highest BCUT2D eigenvalue weighted by molar-refractivity contribution is 5.30. The van der Waals surface area contributed by atoms with Gasteiger partial charge in [0.1, 0.15) is 0 Å². The van der Waals surface area contributed by atoms with Gasteiger partial charge in [0.15, 0.2) is 0 Å². The SMILES string of the molecule is Cc1cnc2c(c1)CCCO2. The van der Waals surface area contributed by atoms with Crippen LogP contribution in [-0.2, 0) is 6.42 Å². The quantitative estimate of drug-likeness (QED) is 0.560. The summed E-state index contributed by atoms with van der Waals surface area (Å²) in [6, 6.07) is 2.15. The molecular formula is C9H11NO. The highest BCUT2D eigenvalue weighted by Gasteiger charge is 2.10. The lowest BCUT2D eigenvalue weighted by Crippen LogP contribution is -2.09. The van der Waals surface area contributed by atoms with E-state index in [1.165, 1.54) is 11.1 Å². The van der Waals surface area contributed by atoms with Gasteiger partial charge in [-0.05, 0) is 31.4 Å². The molecule has 58 valence electrons. The number of nitrogens with zero attached hydrogens (tertiary/aromatic N) is 1. The molecule has 1 aliphatic heterocycles. The van der Waals surface area contributed by atoms with Crippen molar-refractivity contribution in [2.45, 2.75) is 19.8 Å². The third-order valence-corrected chi connectivity index (χ3v) is 1.89. The Hall–Kier alpha value is -1.05. The second-order valence-electron chi connectivity index (χ2n) is 2.93. The Bertz CT molecular complexity index is 270. The molecule has 0 aliphatic carbocycles. The summed E-state index contributed by atoms with van der Waals surface area (Å²) in [6.07, 6.45) is 4.09. The first-order valence-corrected chi connectivity index (χ1v) is 3.94. The van der Waals surface area contributed by atoms with Crippen molar-refractivity contribution < 1.29 is 4.74 Å². The van der Waals surface area contributed by atoms with Crippen molar-refractivity contribution in [1.82, 2.24) is 4.98 Å². The molecule has 0 fully saturated rings. The van der Waals surface area contributed by atoms with Gasteiger partial charge in [0.05, 0.1) is 6.61 Å². The third kappa shape index (κ3) is 1.20. The van der Waals surface area contributed by atoms with E-state index in [1.807, 2.05) is 6.20 Å². The van der Waals surface area contributed by atoms with Crippen LogP contribution in [-0.4, -0.2) is 11.6 Å². The number of rotatable bonds is 0. The van der Waals surface area contributed by atoms with Crippen molar-refractivity contribution in [3.8, 4) is 5.88 Å². The summed E-state index contributed by atoms with van der Waals surface area (Å²) in [7, 11) is 0. The second-order valence-corrected chi connectivity index (χ2v) is 2.93. The Morgan fingerprint density at radius 3 is 3.36 bits per heavy atom. The van der Waals surface area contributed by atoms with Crippen LogP contribution >= 0.6 is 0 Å². The van der Waals surface area contributed by atoms with Gasteiger partial charge in [-0.2, -0.15) is 0 Å². The van der Waals surface area contributed by atoms with E-state index < -0.39 is 0 Å². The standard InChI is InChI=1S/C9H11NO/c1-7-5-8-3-2-4-11-9(8)10-6-7/h5-6H,2-4H2,1H3. The van der Waals surface area contributed by atoms with Crippen LogP contribution in [0.1, 0.15) is 17.5 Å². The van der Waals surface area contributed by atoms with Crippen molar-refractivity contribution in [2.24, 2.45) is 0 Å². The summed E-state index contributed by atoms with van der Waals surface area (Å²) in [5.41, 5.74) is 2.48. The lowest BCUT2D eigenvalue weighted by atomic mass is 10.1. The molecule has 1 aromatic rings. The number of ether oxygens (including phenoxy) is 1.